The Kier molecular flexibility index (Phi) is 14.8. The van der Waals surface area contributed by atoms with Crippen LogP contribution in [0.2, 0.25) is 0 Å². The van der Waals surface area contributed by atoms with E-state index in [1.54, 1.807) is 0 Å². The molecular formula is C122H80N4. The van der Waals surface area contributed by atoms with Gasteiger partial charge in [0.05, 0.1) is 44.1 Å². The summed E-state index contributed by atoms with van der Waals surface area (Å²) in [7, 11) is 0. The van der Waals surface area contributed by atoms with Crippen LogP contribution < -0.4 is 0 Å². The molecule has 0 radical (unpaired) electrons. The number of hydrogen-bond donors (Lipinski definition) is 0. The van der Waals surface area contributed by atoms with Gasteiger partial charge in [-0.15, -0.1) is 0 Å². The van der Waals surface area contributed by atoms with Crippen molar-refractivity contribution in [2.45, 2.75) is 38.5 Å². The summed E-state index contributed by atoms with van der Waals surface area (Å²) < 4.78 is 9.90. The first kappa shape index (κ1) is 70.8. The van der Waals surface area contributed by atoms with Crippen molar-refractivity contribution in [1.82, 2.24) is 18.3 Å². The minimum atomic E-state index is -0.121. The molecule has 4 aromatic heterocycles. The fraction of sp³-hybridized carbons (Fsp3) is 0.0492. The van der Waals surface area contributed by atoms with Gasteiger partial charge in [-0.2, -0.15) is 0 Å². The molecule has 28 rings (SSSR count). The molecule has 0 spiro atoms. The Morgan fingerprint density at radius 1 is 0.159 bits per heavy atom. The molecule has 2 aliphatic carbocycles. The van der Waals surface area contributed by atoms with E-state index in [0.29, 0.717) is 0 Å². The minimum Gasteiger partial charge on any atom is -0.309 e. The number of nitrogens with zero attached hydrogens (tertiary/aromatic N) is 4. The van der Waals surface area contributed by atoms with Gasteiger partial charge in [0.25, 0.3) is 0 Å². The highest BCUT2D eigenvalue weighted by Crippen LogP contribution is 2.56. The van der Waals surface area contributed by atoms with Gasteiger partial charge in [0.2, 0.25) is 0 Å². The van der Waals surface area contributed by atoms with Crippen molar-refractivity contribution >= 4 is 173 Å². The number of hydrogen-bond acceptors (Lipinski definition) is 0. The monoisotopic (exact) mass is 1600 g/mol. The van der Waals surface area contributed by atoms with Gasteiger partial charge in [0.1, 0.15) is 0 Å². The minimum absolute atomic E-state index is 0.116. The van der Waals surface area contributed by atoms with Gasteiger partial charge in [0, 0.05) is 92.8 Å². The van der Waals surface area contributed by atoms with Crippen LogP contribution in [-0.2, 0) is 10.8 Å². The van der Waals surface area contributed by atoms with Crippen molar-refractivity contribution in [2.24, 2.45) is 0 Å². The molecule has 0 atom stereocenters. The summed E-state index contributed by atoms with van der Waals surface area (Å²) in [5.74, 6) is 0. The lowest BCUT2D eigenvalue weighted by Gasteiger charge is -2.21. The first-order chi connectivity index (χ1) is 62.1. The molecule has 588 valence electrons. The maximum Gasteiger partial charge on any atom is 0.0619 e. The summed E-state index contributed by atoms with van der Waals surface area (Å²) >= 11 is 0. The molecule has 126 heavy (non-hydrogen) atoms. The average Bonchev–Trinajstić information content (AvgIpc) is 1.52. The van der Waals surface area contributed by atoms with Crippen LogP contribution in [0.15, 0.2) is 413 Å². The van der Waals surface area contributed by atoms with E-state index in [4.69, 9.17) is 0 Å². The zero-order valence-electron chi connectivity index (χ0n) is 70.0. The Morgan fingerprint density at radius 3 is 1.00 bits per heavy atom. The number of aromatic nitrogens is 4. The van der Waals surface area contributed by atoms with Gasteiger partial charge < -0.3 is 18.3 Å². The molecule has 0 bridgehead atoms. The first-order valence-corrected chi connectivity index (χ1v) is 44.2. The predicted molar refractivity (Wildman–Crippen MR) is 536 cm³/mol. The van der Waals surface area contributed by atoms with Gasteiger partial charge in [-0.1, -0.05) is 331 Å². The molecule has 4 heteroatoms. The molecule has 0 aliphatic heterocycles. The van der Waals surface area contributed by atoms with Crippen molar-refractivity contribution in [2.75, 3.05) is 0 Å². The maximum absolute atomic E-state index is 2.53. The lowest BCUT2D eigenvalue weighted by atomic mass is 9.82. The van der Waals surface area contributed by atoms with Crippen molar-refractivity contribution in [3.63, 3.8) is 0 Å². The molecule has 0 saturated carbocycles. The standard InChI is InChI=1S/2C61H40N2/c1-61(2)53-21-11-9-18-46(53)51-35-52-57(36-54(51)61)62(56-34-33-49-45-17-6-5-15-43(45)44-16-7-8-20-48(44)58(49)59(52)56)40-28-23-37(24-29-40)38-25-30-41(31-26-38)63-55-22-12-10-19-47(55)50-32-27-39-13-3-4-14-42(39)60(50)63;1-61(2)52-23-13-12-21-46(52)49-35-51-57(36-53(49)61)63(56-33-30-48-45-20-9-8-18-43(45)44-19-10-11-22-47(44)59(48)60(51)56)41-28-24-37(25-29-41)39-27-31-54-50(34-39)58-42-17-7-6-14-38(42)26-32-55(58)62(54)40-15-4-3-5-16-40/h2*3-36H,1-2H3. The molecule has 0 unspecified atom stereocenters. The smallest absolute Gasteiger partial charge is 0.0619 e. The van der Waals surface area contributed by atoms with Crippen LogP contribution in [0.4, 0.5) is 0 Å². The van der Waals surface area contributed by atoms with Crippen molar-refractivity contribution < 1.29 is 0 Å². The van der Waals surface area contributed by atoms with Crippen LogP contribution >= 0.6 is 0 Å². The zero-order valence-corrected chi connectivity index (χ0v) is 70.0. The molecule has 4 heterocycles. The van der Waals surface area contributed by atoms with E-state index in [1.807, 2.05) is 0 Å². The van der Waals surface area contributed by atoms with E-state index in [-0.39, 0.29) is 10.8 Å². The second-order valence-electron chi connectivity index (χ2n) is 36.0. The number of benzene rings is 22. The van der Waals surface area contributed by atoms with E-state index >= 15 is 0 Å². The molecule has 26 aromatic rings. The summed E-state index contributed by atoms with van der Waals surface area (Å²) in [5.41, 5.74) is 30.0. The van der Waals surface area contributed by atoms with E-state index in [0.717, 1.165) is 17.1 Å². The van der Waals surface area contributed by atoms with Crippen LogP contribution in [0, 0.1) is 0 Å². The molecule has 22 aromatic carbocycles. The number of para-hydroxylation sites is 2. The molecule has 0 N–H and O–H groups in total. The summed E-state index contributed by atoms with van der Waals surface area (Å²) in [5, 5.41) is 31.0. The molecule has 0 saturated heterocycles. The number of fused-ring (bicyclic) bond motifs is 36. The van der Waals surface area contributed by atoms with Crippen LogP contribution in [0.3, 0.4) is 0 Å². The average molecular weight is 1600 g/mol. The normalized spacial score (nSPS) is 13.4. The summed E-state index contributed by atoms with van der Waals surface area (Å²) in [4.78, 5) is 0. The summed E-state index contributed by atoms with van der Waals surface area (Å²) in [6, 6.07) is 154. The van der Waals surface area contributed by atoms with Gasteiger partial charge in [-0.3, -0.25) is 0 Å². The van der Waals surface area contributed by atoms with Crippen molar-refractivity contribution in [3.8, 4) is 67.3 Å². The Labute approximate surface area is 727 Å². The van der Waals surface area contributed by atoms with Gasteiger partial charge in [-0.05, 0) is 246 Å². The third-order valence-corrected chi connectivity index (χ3v) is 28.9. The van der Waals surface area contributed by atoms with Crippen LogP contribution in [-0.4, -0.2) is 18.3 Å². The quantitative estimate of drug-likeness (QED) is 0.148. The van der Waals surface area contributed by atoms with E-state index in [1.165, 1.54) is 246 Å². The Hall–Kier alpha value is -15.9. The fourth-order valence-corrected chi connectivity index (χ4v) is 23.2. The largest absolute Gasteiger partial charge is 0.309 e. The fourth-order valence-electron chi connectivity index (χ4n) is 23.2. The lowest BCUT2D eigenvalue weighted by molar-refractivity contribution is 0.661. The van der Waals surface area contributed by atoms with E-state index in [2.05, 4.69) is 458 Å². The van der Waals surface area contributed by atoms with Gasteiger partial charge in [0.15, 0.2) is 0 Å². The SMILES string of the molecule is CC1(C)c2ccccc2-c2cc3c4c5c6ccccc6c6ccccc6c5ccc4n(-c4ccc(-c5ccc(-n6c7ccccc7c7ccc8ccccc8c76)cc5)cc4)c3cc21.CC1(C)c2ccccc2-c2cc3c4c5c6ccccc6c6ccccc6c5ccc4n(-c4ccc(-c5ccc6c(c5)c5c7ccccc7ccc5n6-c5ccccc5)cc4)c3cc21. The Bertz CT molecular complexity index is 9170. The van der Waals surface area contributed by atoms with E-state index in [9.17, 15) is 0 Å². The van der Waals surface area contributed by atoms with Gasteiger partial charge >= 0.3 is 0 Å². The highest BCUT2D eigenvalue weighted by atomic mass is 15.0. The Balaban J connectivity index is 0.000000131. The van der Waals surface area contributed by atoms with Crippen LogP contribution in [0.25, 0.3) is 241 Å². The first-order valence-electron chi connectivity index (χ1n) is 44.2. The van der Waals surface area contributed by atoms with Crippen LogP contribution in [0.1, 0.15) is 49.9 Å². The van der Waals surface area contributed by atoms with E-state index < -0.39 is 0 Å². The Morgan fingerprint density at radius 2 is 0.484 bits per heavy atom. The maximum atomic E-state index is 2.53. The molecule has 4 nitrogen and oxygen atoms in total. The molecule has 2 aliphatic rings. The van der Waals surface area contributed by atoms with Crippen molar-refractivity contribution in [3.05, 3.63) is 435 Å². The molecule has 0 fully saturated rings. The second kappa shape index (κ2) is 26.3. The summed E-state index contributed by atoms with van der Waals surface area (Å²) in [6.07, 6.45) is 0. The molecule has 0 amide bonds. The third-order valence-electron chi connectivity index (χ3n) is 28.9. The van der Waals surface area contributed by atoms with Crippen molar-refractivity contribution in [1.29, 1.82) is 0 Å². The number of rotatable bonds is 6. The zero-order chi connectivity index (χ0) is 83.1. The predicted octanol–water partition coefficient (Wildman–Crippen LogP) is 32.9. The third kappa shape index (κ3) is 9.89. The topological polar surface area (TPSA) is 19.7 Å². The highest BCUT2D eigenvalue weighted by Gasteiger charge is 2.39. The van der Waals surface area contributed by atoms with Crippen LogP contribution in [0.5, 0.6) is 0 Å². The lowest BCUT2D eigenvalue weighted by Crippen LogP contribution is -2.14. The second-order valence-corrected chi connectivity index (χ2v) is 36.0. The molecular weight excluding hydrogens is 1520 g/mol. The highest BCUT2D eigenvalue weighted by molar-refractivity contribution is 6.38. The van der Waals surface area contributed by atoms with Gasteiger partial charge in [-0.25, -0.2) is 0 Å². The summed E-state index contributed by atoms with van der Waals surface area (Å²) in [6.45, 7) is 9.54.